The first-order chi connectivity index (χ1) is 10.8. The van der Waals surface area contributed by atoms with Crippen LogP contribution >= 0.6 is 0 Å². The summed E-state index contributed by atoms with van der Waals surface area (Å²) in [5, 5.41) is 3.34. The van der Waals surface area contributed by atoms with Gasteiger partial charge in [-0.15, -0.1) is 0 Å². The van der Waals surface area contributed by atoms with Crippen molar-refractivity contribution >= 4 is 11.6 Å². The molecule has 1 aromatic heterocycles. The molecule has 4 nitrogen and oxygen atoms in total. The van der Waals surface area contributed by atoms with Crippen LogP contribution in [-0.4, -0.2) is 28.9 Å². The zero-order valence-electron chi connectivity index (χ0n) is 12.5. The molecule has 0 radical (unpaired) electrons. The molecule has 1 fully saturated rings. The highest BCUT2D eigenvalue weighted by Gasteiger charge is 2.31. The van der Waals surface area contributed by atoms with Crippen LogP contribution in [0.15, 0.2) is 42.7 Å². The highest BCUT2D eigenvalue weighted by atomic mass is 16.2. The van der Waals surface area contributed by atoms with Gasteiger partial charge in [-0.3, -0.25) is 9.78 Å². The Morgan fingerprint density at radius 2 is 2.27 bits per heavy atom. The molecule has 1 unspecified atom stereocenters. The normalized spacial score (nSPS) is 19.8. The first-order valence-corrected chi connectivity index (χ1v) is 7.90. The lowest BCUT2D eigenvalue weighted by molar-refractivity contribution is 0.0735. The van der Waals surface area contributed by atoms with E-state index in [-0.39, 0.29) is 11.9 Å². The average molecular weight is 293 g/mol. The van der Waals surface area contributed by atoms with Gasteiger partial charge < -0.3 is 10.2 Å². The Bertz CT molecular complexity index is 699. The van der Waals surface area contributed by atoms with Crippen molar-refractivity contribution in [2.75, 3.05) is 18.4 Å². The molecule has 22 heavy (non-hydrogen) atoms. The Labute approximate surface area is 130 Å². The first kappa shape index (κ1) is 13.3. The summed E-state index contributed by atoms with van der Waals surface area (Å²) >= 11 is 0. The number of amides is 1. The maximum absolute atomic E-state index is 12.9. The minimum absolute atomic E-state index is 0.140. The summed E-state index contributed by atoms with van der Waals surface area (Å²) in [6, 6.07) is 10.2. The molecule has 2 aliphatic rings. The summed E-state index contributed by atoms with van der Waals surface area (Å²) in [5.74, 6) is 0.140. The lowest BCUT2D eigenvalue weighted by Gasteiger charge is -2.25. The van der Waals surface area contributed by atoms with Crippen LogP contribution in [0.2, 0.25) is 0 Å². The van der Waals surface area contributed by atoms with E-state index < -0.39 is 0 Å². The second kappa shape index (κ2) is 5.44. The summed E-state index contributed by atoms with van der Waals surface area (Å²) in [4.78, 5) is 19.1. The van der Waals surface area contributed by atoms with Crippen LogP contribution in [0.3, 0.4) is 0 Å². The Kier molecular flexibility index (Phi) is 3.29. The number of rotatable bonds is 2. The van der Waals surface area contributed by atoms with Gasteiger partial charge >= 0.3 is 0 Å². The van der Waals surface area contributed by atoms with Crippen molar-refractivity contribution in [3.63, 3.8) is 0 Å². The van der Waals surface area contributed by atoms with E-state index in [1.54, 1.807) is 6.20 Å². The number of carbonyl (C=O) groups excluding carboxylic acids is 1. The number of aromatic nitrogens is 1. The summed E-state index contributed by atoms with van der Waals surface area (Å²) in [5.41, 5.74) is 4.36. The van der Waals surface area contributed by atoms with Gasteiger partial charge in [-0.05, 0) is 54.7 Å². The minimum Gasteiger partial charge on any atom is -0.384 e. The van der Waals surface area contributed by atoms with Crippen molar-refractivity contribution in [1.29, 1.82) is 0 Å². The van der Waals surface area contributed by atoms with E-state index in [9.17, 15) is 4.79 Å². The van der Waals surface area contributed by atoms with Crippen LogP contribution < -0.4 is 5.32 Å². The van der Waals surface area contributed by atoms with Gasteiger partial charge in [0, 0.05) is 36.7 Å². The predicted molar refractivity (Wildman–Crippen MR) is 85.9 cm³/mol. The number of hydrogen-bond donors (Lipinski definition) is 1. The molecule has 2 aromatic rings. The number of anilines is 1. The lowest BCUT2D eigenvalue weighted by Crippen LogP contribution is -2.30. The van der Waals surface area contributed by atoms with Gasteiger partial charge in [0.15, 0.2) is 0 Å². The fourth-order valence-electron chi connectivity index (χ4n) is 3.53. The van der Waals surface area contributed by atoms with Crippen LogP contribution in [0.5, 0.6) is 0 Å². The van der Waals surface area contributed by atoms with Gasteiger partial charge in [0.05, 0.1) is 6.04 Å². The Morgan fingerprint density at radius 1 is 1.32 bits per heavy atom. The Hall–Kier alpha value is -2.36. The molecule has 4 rings (SSSR count). The molecule has 112 valence electrons. The zero-order valence-corrected chi connectivity index (χ0v) is 12.5. The molecule has 3 heterocycles. The van der Waals surface area contributed by atoms with Gasteiger partial charge in [0.25, 0.3) is 5.91 Å². The summed E-state index contributed by atoms with van der Waals surface area (Å²) < 4.78 is 0. The number of nitrogens with zero attached hydrogens (tertiary/aromatic N) is 2. The van der Waals surface area contributed by atoms with Crippen LogP contribution in [0.25, 0.3) is 0 Å². The molecular weight excluding hydrogens is 274 g/mol. The molecule has 2 aliphatic heterocycles. The number of hydrogen-bond acceptors (Lipinski definition) is 3. The molecule has 0 bridgehead atoms. The molecule has 1 aromatic carbocycles. The Morgan fingerprint density at radius 3 is 3.14 bits per heavy atom. The van der Waals surface area contributed by atoms with Crippen molar-refractivity contribution in [3.05, 3.63) is 59.4 Å². The summed E-state index contributed by atoms with van der Waals surface area (Å²) in [6.07, 6.45) is 6.73. The van der Waals surface area contributed by atoms with Crippen molar-refractivity contribution in [2.45, 2.75) is 25.3 Å². The predicted octanol–water partition coefficient (Wildman–Crippen LogP) is 3.03. The van der Waals surface area contributed by atoms with E-state index >= 15 is 0 Å². The summed E-state index contributed by atoms with van der Waals surface area (Å²) in [7, 11) is 0. The van der Waals surface area contributed by atoms with Crippen LogP contribution in [0.4, 0.5) is 5.69 Å². The average Bonchev–Trinajstić information content (AvgIpc) is 3.23. The minimum atomic E-state index is 0.140. The second-order valence-corrected chi connectivity index (χ2v) is 5.99. The molecule has 1 amide bonds. The second-order valence-electron chi connectivity index (χ2n) is 5.99. The topological polar surface area (TPSA) is 45.2 Å². The van der Waals surface area contributed by atoms with E-state index in [4.69, 9.17) is 0 Å². The Balaban J connectivity index is 1.62. The standard InChI is InChI=1S/C18H19N3O/c22-18(14-5-6-16-13(11-14)7-9-20-16)21-10-2-4-17(21)15-3-1-8-19-12-15/h1,3,5-6,8,11-12,17,20H,2,4,7,9-10H2. The zero-order chi connectivity index (χ0) is 14.9. The molecule has 4 heteroatoms. The SMILES string of the molecule is O=C(c1ccc2c(c1)CCN2)N1CCCC1c1cccnc1. The molecule has 0 saturated carbocycles. The van der Waals surface area contributed by atoms with E-state index in [0.29, 0.717) is 0 Å². The molecular formula is C18H19N3O. The van der Waals surface area contributed by atoms with Crippen LogP contribution in [0, 0.1) is 0 Å². The molecule has 0 spiro atoms. The van der Waals surface area contributed by atoms with Crippen molar-refractivity contribution in [1.82, 2.24) is 9.88 Å². The van der Waals surface area contributed by atoms with E-state index in [0.717, 1.165) is 43.5 Å². The van der Waals surface area contributed by atoms with Crippen molar-refractivity contribution < 1.29 is 4.79 Å². The quantitative estimate of drug-likeness (QED) is 0.925. The maximum atomic E-state index is 12.9. The molecule has 1 atom stereocenters. The van der Waals surface area contributed by atoms with Gasteiger partial charge in [-0.2, -0.15) is 0 Å². The fraction of sp³-hybridized carbons (Fsp3) is 0.333. The van der Waals surface area contributed by atoms with Gasteiger partial charge in [0.2, 0.25) is 0 Å². The third kappa shape index (κ3) is 2.25. The monoisotopic (exact) mass is 293 g/mol. The van der Waals surface area contributed by atoms with Crippen LogP contribution in [0.1, 0.15) is 40.4 Å². The van der Waals surface area contributed by atoms with Crippen molar-refractivity contribution in [2.24, 2.45) is 0 Å². The summed E-state index contributed by atoms with van der Waals surface area (Å²) in [6.45, 7) is 1.79. The van der Waals surface area contributed by atoms with Crippen LogP contribution in [-0.2, 0) is 6.42 Å². The van der Waals surface area contributed by atoms with Gasteiger partial charge in [-0.1, -0.05) is 6.07 Å². The third-order valence-corrected chi connectivity index (χ3v) is 4.64. The van der Waals surface area contributed by atoms with Gasteiger partial charge in [-0.25, -0.2) is 0 Å². The molecule has 1 N–H and O–H groups in total. The van der Waals surface area contributed by atoms with E-state index in [1.807, 2.05) is 29.3 Å². The number of pyridine rings is 1. The smallest absolute Gasteiger partial charge is 0.254 e. The number of benzene rings is 1. The van der Waals surface area contributed by atoms with E-state index in [2.05, 4.69) is 22.4 Å². The first-order valence-electron chi connectivity index (χ1n) is 7.90. The lowest BCUT2D eigenvalue weighted by atomic mass is 10.0. The number of nitrogens with one attached hydrogen (secondary N) is 1. The fourth-order valence-corrected chi connectivity index (χ4v) is 3.53. The van der Waals surface area contributed by atoms with E-state index in [1.165, 1.54) is 11.3 Å². The number of likely N-dealkylation sites (tertiary alicyclic amines) is 1. The third-order valence-electron chi connectivity index (χ3n) is 4.64. The molecule has 1 saturated heterocycles. The highest BCUT2D eigenvalue weighted by Crippen LogP contribution is 2.33. The van der Waals surface area contributed by atoms with Gasteiger partial charge in [0.1, 0.15) is 0 Å². The van der Waals surface area contributed by atoms with Crippen molar-refractivity contribution in [3.8, 4) is 0 Å². The largest absolute Gasteiger partial charge is 0.384 e. The molecule has 0 aliphatic carbocycles. The number of fused-ring (bicyclic) bond motifs is 1. The number of carbonyl (C=O) groups is 1. The maximum Gasteiger partial charge on any atom is 0.254 e. The highest BCUT2D eigenvalue weighted by molar-refractivity contribution is 5.95.